The molecule has 2 N–H and O–H groups in total. The standard InChI is InChI=1S/C29H35N3O6S2/c1-6-30-29(35)31-40(36,37)28-25(17-24(39-28)16-19(2)3)22-14-12-21(13-15-22)18-32(20(4)33)26(27(34)38-5)23-10-8-7-9-11-23/h7-15,17,19,26H,6,16,18H2,1-5H3,(H2,30,31,35)/t26-/m0/s1. The lowest BCUT2D eigenvalue weighted by Crippen LogP contribution is -2.39. The minimum atomic E-state index is -4.12. The van der Waals surface area contributed by atoms with Crippen LogP contribution < -0.4 is 10.0 Å². The van der Waals surface area contributed by atoms with E-state index in [2.05, 4.69) is 10.0 Å². The molecular weight excluding hydrogens is 550 g/mol. The number of methoxy groups -OCH3 is 1. The highest BCUT2D eigenvalue weighted by atomic mass is 32.2. The summed E-state index contributed by atoms with van der Waals surface area (Å²) in [4.78, 5) is 39.7. The van der Waals surface area contributed by atoms with E-state index in [4.69, 9.17) is 4.74 Å². The zero-order chi connectivity index (χ0) is 29.4. The van der Waals surface area contributed by atoms with Crippen LogP contribution in [0.15, 0.2) is 64.9 Å². The number of carbonyl (C=O) groups is 3. The summed E-state index contributed by atoms with van der Waals surface area (Å²) in [6.07, 6.45) is 0.689. The number of rotatable bonds is 11. The van der Waals surface area contributed by atoms with Gasteiger partial charge in [-0.2, -0.15) is 0 Å². The largest absolute Gasteiger partial charge is 0.467 e. The molecule has 0 aliphatic rings. The number of nitrogens with zero attached hydrogens (tertiary/aromatic N) is 1. The molecule has 3 rings (SSSR count). The number of amides is 3. The fourth-order valence-electron chi connectivity index (χ4n) is 4.25. The van der Waals surface area contributed by atoms with E-state index in [0.29, 0.717) is 29.0 Å². The van der Waals surface area contributed by atoms with Gasteiger partial charge in [-0.05, 0) is 42.0 Å². The minimum absolute atomic E-state index is 0.0577. The fourth-order valence-corrected chi connectivity index (χ4v) is 7.13. The second-order valence-electron chi connectivity index (χ2n) is 9.66. The van der Waals surface area contributed by atoms with Gasteiger partial charge in [-0.1, -0.05) is 68.4 Å². The molecule has 0 fully saturated rings. The van der Waals surface area contributed by atoms with Crippen molar-refractivity contribution in [1.29, 1.82) is 0 Å². The summed E-state index contributed by atoms with van der Waals surface area (Å²) in [7, 11) is -2.83. The third-order valence-electron chi connectivity index (χ3n) is 6.04. The first kappa shape index (κ1) is 30.8. The van der Waals surface area contributed by atoms with E-state index in [-0.39, 0.29) is 23.2 Å². The Balaban J connectivity index is 1.96. The molecule has 0 aliphatic carbocycles. The molecule has 3 amide bonds. The summed E-state index contributed by atoms with van der Waals surface area (Å²) in [6.45, 7) is 7.62. The predicted octanol–water partition coefficient (Wildman–Crippen LogP) is 4.88. The Kier molecular flexibility index (Phi) is 10.5. The van der Waals surface area contributed by atoms with Crippen LogP contribution in [0.1, 0.15) is 49.7 Å². The zero-order valence-electron chi connectivity index (χ0n) is 23.3. The molecule has 2 aromatic carbocycles. The van der Waals surface area contributed by atoms with Gasteiger partial charge in [0.05, 0.1) is 7.11 Å². The third-order valence-corrected chi connectivity index (χ3v) is 9.06. The Morgan fingerprint density at radius 2 is 1.68 bits per heavy atom. The Labute approximate surface area is 239 Å². The van der Waals surface area contributed by atoms with Crippen molar-refractivity contribution in [3.05, 3.63) is 76.7 Å². The number of hydrogen-bond acceptors (Lipinski definition) is 7. The van der Waals surface area contributed by atoms with Crippen LogP contribution in [0.2, 0.25) is 0 Å². The Morgan fingerprint density at radius 3 is 2.23 bits per heavy atom. The van der Waals surface area contributed by atoms with E-state index in [0.717, 1.165) is 21.8 Å². The molecule has 1 aromatic heterocycles. The molecule has 0 aliphatic heterocycles. The number of benzene rings is 2. The number of carbonyl (C=O) groups excluding carboxylic acids is 3. The first-order valence-electron chi connectivity index (χ1n) is 12.9. The Morgan fingerprint density at radius 1 is 1.02 bits per heavy atom. The summed E-state index contributed by atoms with van der Waals surface area (Å²) in [5.74, 6) is -0.543. The molecule has 0 saturated heterocycles. The Bertz CT molecular complexity index is 1430. The molecule has 1 atom stereocenters. The molecule has 0 radical (unpaired) electrons. The van der Waals surface area contributed by atoms with Gasteiger partial charge in [0.25, 0.3) is 10.0 Å². The van der Waals surface area contributed by atoms with Gasteiger partial charge >= 0.3 is 12.0 Å². The summed E-state index contributed by atoms with van der Waals surface area (Å²) >= 11 is 1.14. The van der Waals surface area contributed by atoms with Gasteiger partial charge in [0.15, 0.2) is 6.04 Å². The van der Waals surface area contributed by atoms with E-state index in [9.17, 15) is 22.8 Å². The lowest BCUT2D eigenvalue weighted by atomic mass is 10.0. The van der Waals surface area contributed by atoms with Crippen molar-refractivity contribution in [1.82, 2.24) is 14.9 Å². The van der Waals surface area contributed by atoms with Crippen molar-refractivity contribution < 1.29 is 27.5 Å². The molecule has 0 bridgehead atoms. The van der Waals surface area contributed by atoms with Crippen LogP contribution in [0.25, 0.3) is 11.1 Å². The lowest BCUT2D eigenvalue weighted by Gasteiger charge is -2.29. The van der Waals surface area contributed by atoms with Crippen molar-refractivity contribution in [2.24, 2.45) is 5.92 Å². The number of sulfonamides is 1. The van der Waals surface area contributed by atoms with Crippen molar-refractivity contribution in [2.45, 2.75) is 50.9 Å². The maximum atomic E-state index is 13.2. The smallest absolute Gasteiger partial charge is 0.333 e. The molecule has 0 saturated carbocycles. The number of thiophene rings is 1. The highest BCUT2D eigenvalue weighted by molar-refractivity contribution is 7.92. The second kappa shape index (κ2) is 13.6. The summed E-state index contributed by atoms with van der Waals surface area (Å²) in [6, 6.07) is 16.2. The van der Waals surface area contributed by atoms with Gasteiger partial charge in [0.2, 0.25) is 5.91 Å². The average Bonchev–Trinajstić information content (AvgIpc) is 3.33. The van der Waals surface area contributed by atoms with Crippen LogP contribution in [-0.4, -0.2) is 44.9 Å². The van der Waals surface area contributed by atoms with Crippen LogP contribution in [0.5, 0.6) is 0 Å². The van der Waals surface area contributed by atoms with Gasteiger partial charge in [0.1, 0.15) is 4.21 Å². The highest BCUT2D eigenvalue weighted by Crippen LogP contribution is 2.36. The molecule has 40 heavy (non-hydrogen) atoms. The summed E-state index contributed by atoms with van der Waals surface area (Å²) in [5.41, 5.74) is 2.51. The number of nitrogens with one attached hydrogen (secondary N) is 2. The fraction of sp³-hybridized carbons (Fsp3) is 0.345. The van der Waals surface area contributed by atoms with Crippen molar-refractivity contribution >= 4 is 39.3 Å². The first-order chi connectivity index (χ1) is 19.0. The van der Waals surface area contributed by atoms with Crippen LogP contribution in [0.3, 0.4) is 0 Å². The van der Waals surface area contributed by atoms with E-state index >= 15 is 0 Å². The molecule has 9 nitrogen and oxygen atoms in total. The van der Waals surface area contributed by atoms with Crippen molar-refractivity contribution in [3.63, 3.8) is 0 Å². The first-order valence-corrected chi connectivity index (χ1v) is 15.2. The molecular formula is C29H35N3O6S2. The van der Waals surface area contributed by atoms with Gasteiger partial charge in [-0.15, -0.1) is 11.3 Å². The maximum absolute atomic E-state index is 13.2. The van der Waals surface area contributed by atoms with Crippen LogP contribution in [0.4, 0.5) is 4.79 Å². The SMILES string of the molecule is CCNC(=O)NS(=O)(=O)c1sc(CC(C)C)cc1-c1ccc(CN(C(C)=O)[C@H](C(=O)OC)c2ccccc2)cc1. The lowest BCUT2D eigenvalue weighted by molar-refractivity contribution is -0.153. The third kappa shape index (κ3) is 7.70. The predicted molar refractivity (Wildman–Crippen MR) is 155 cm³/mol. The van der Waals surface area contributed by atoms with Crippen LogP contribution >= 0.6 is 11.3 Å². The van der Waals surface area contributed by atoms with E-state index in [1.807, 2.05) is 26.0 Å². The van der Waals surface area contributed by atoms with Crippen LogP contribution in [-0.2, 0) is 37.3 Å². The summed E-state index contributed by atoms with van der Waals surface area (Å²) in [5, 5.41) is 2.45. The molecule has 0 unspecified atom stereocenters. The summed E-state index contributed by atoms with van der Waals surface area (Å²) < 4.78 is 33.5. The zero-order valence-corrected chi connectivity index (χ0v) is 24.9. The molecule has 0 spiro atoms. The monoisotopic (exact) mass is 585 g/mol. The van der Waals surface area contributed by atoms with E-state index in [1.165, 1.54) is 18.9 Å². The van der Waals surface area contributed by atoms with E-state index < -0.39 is 28.1 Å². The normalized spacial score (nSPS) is 12.1. The number of ether oxygens (including phenoxy) is 1. The quantitative estimate of drug-likeness (QED) is 0.309. The highest BCUT2D eigenvalue weighted by Gasteiger charge is 2.31. The van der Waals surface area contributed by atoms with Gasteiger partial charge in [-0.25, -0.2) is 22.7 Å². The molecule has 11 heteroatoms. The van der Waals surface area contributed by atoms with Gasteiger partial charge in [0, 0.05) is 30.5 Å². The Hall–Kier alpha value is -3.70. The van der Waals surface area contributed by atoms with Crippen molar-refractivity contribution in [2.75, 3.05) is 13.7 Å². The van der Waals surface area contributed by atoms with Gasteiger partial charge in [-0.3, -0.25) is 4.79 Å². The van der Waals surface area contributed by atoms with Gasteiger partial charge < -0.3 is 15.0 Å². The molecule has 1 heterocycles. The average molecular weight is 586 g/mol. The maximum Gasteiger partial charge on any atom is 0.333 e. The minimum Gasteiger partial charge on any atom is -0.467 e. The second-order valence-corrected chi connectivity index (χ2v) is 12.7. The molecule has 3 aromatic rings. The van der Waals surface area contributed by atoms with E-state index in [1.54, 1.807) is 55.5 Å². The topological polar surface area (TPSA) is 122 Å². The van der Waals surface area contributed by atoms with Crippen LogP contribution in [0, 0.1) is 5.92 Å². The number of esters is 1. The van der Waals surface area contributed by atoms with Crippen molar-refractivity contribution in [3.8, 4) is 11.1 Å². The molecule has 214 valence electrons. The number of hydrogen-bond donors (Lipinski definition) is 2. The number of urea groups is 1.